The van der Waals surface area contributed by atoms with Crippen LogP contribution in [0.25, 0.3) is 10.9 Å². The van der Waals surface area contributed by atoms with Gasteiger partial charge in [-0.05, 0) is 36.6 Å². The Morgan fingerprint density at radius 3 is 2.91 bits per heavy atom. The molecule has 118 valence electrons. The highest BCUT2D eigenvalue weighted by Gasteiger charge is 2.07. The van der Waals surface area contributed by atoms with Gasteiger partial charge in [0.25, 0.3) is 0 Å². The number of amides is 1. The fourth-order valence-corrected chi connectivity index (χ4v) is 2.45. The van der Waals surface area contributed by atoms with Crippen molar-refractivity contribution < 1.29 is 14.3 Å². The summed E-state index contributed by atoms with van der Waals surface area (Å²) in [6, 6.07) is 5.70. The van der Waals surface area contributed by atoms with Gasteiger partial charge in [-0.25, -0.2) is 0 Å². The van der Waals surface area contributed by atoms with E-state index in [9.17, 15) is 9.59 Å². The van der Waals surface area contributed by atoms with Crippen LogP contribution in [0.4, 0.5) is 0 Å². The molecule has 0 unspecified atom stereocenters. The predicted molar refractivity (Wildman–Crippen MR) is 85.9 cm³/mol. The van der Waals surface area contributed by atoms with Crippen LogP contribution in [0.1, 0.15) is 24.8 Å². The lowest BCUT2D eigenvalue weighted by atomic mass is 10.1. The van der Waals surface area contributed by atoms with Crippen molar-refractivity contribution in [1.29, 1.82) is 0 Å². The van der Waals surface area contributed by atoms with Crippen molar-refractivity contribution in [2.75, 3.05) is 13.7 Å². The average molecular weight is 323 g/mol. The first-order valence-electron chi connectivity index (χ1n) is 7.19. The molecule has 2 N–H and O–H groups in total. The molecule has 0 spiro atoms. The second kappa shape index (κ2) is 7.84. The quantitative estimate of drug-likeness (QED) is 0.770. The van der Waals surface area contributed by atoms with Crippen molar-refractivity contribution >= 4 is 34.4 Å². The second-order valence-electron chi connectivity index (χ2n) is 5.03. The number of ether oxygens (including phenoxy) is 1. The van der Waals surface area contributed by atoms with Gasteiger partial charge in [0.15, 0.2) is 0 Å². The number of halogens is 1. The lowest BCUT2D eigenvalue weighted by Gasteiger charge is -2.05. The number of aromatic amines is 1. The largest absolute Gasteiger partial charge is 0.469 e. The van der Waals surface area contributed by atoms with E-state index in [0.29, 0.717) is 24.4 Å². The van der Waals surface area contributed by atoms with Gasteiger partial charge in [0.05, 0.1) is 7.11 Å². The molecule has 0 bridgehead atoms. The minimum atomic E-state index is -0.288. The third-order valence-electron chi connectivity index (χ3n) is 3.46. The summed E-state index contributed by atoms with van der Waals surface area (Å²) in [5.74, 6) is -0.342. The molecule has 2 rings (SSSR count). The molecule has 1 amide bonds. The van der Waals surface area contributed by atoms with E-state index < -0.39 is 0 Å². The number of methoxy groups -OCH3 is 1. The van der Waals surface area contributed by atoms with Gasteiger partial charge in [0, 0.05) is 41.5 Å². The van der Waals surface area contributed by atoms with Crippen molar-refractivity contribution in [3.8, 4) is 0 Å². The smallest absolute Gasteiger partial charge is 0.305 e. The minimum absolute atomic E-state index is 0.0539. The van der Waals surface area contributed by atoms with Gasteiger partial charge in [0.2, 0.25) is 5.91 Å². The molecule has 0 aliphatic rings. The van der Waals surface area contributed by atoms with Crippen molar-refractivity contribution in [2.45, 2.75) is 25.7 Å². The van der Waals surface area contributed by atoms with Crippen LogP contribution in [0.15, 0.2) is 24.4 Å². The summed E-state index contributed by atoms with van der Waals surface area (Å²) < 4.78 is 4.53. The maximum absolute atomic E-state index is 11.7. The Kier molecular flexibility index (Phi) is 5.83. The Hall–Kier alpha value is -2.01. The van der Waals surface area contributed by atoms with Crippen molar-refractivity contribution in [2.24, 2.45) is 0 Å². The van der Waals surface area contributed by atoms with Crippen LogP contribution in [0, 0.1) is 0 Å². The van der Waals surface area contributed by atoms with E-state index in [2.05, 4.69) is 15.0 Å². The predicted octanol–water partition coefficient (Wildman–Crippen LogP) is 2.82. The molecule has 6 heteroatoms. The van der Waals surface area contributed by atoms with Gasteiger partial charge in [-0.3, -0.25) is 9.59 Å². The highest BCUT2D eigenvalue weighted by molar-refractivity contribution is 6.31. The van der Waals surface area contributed by atoms with Crippen LogP contribution >= 0.6 is 11.6 Å². The molecule has 1 heterocycles. The number of esters is 1. The molecule has 0 aliphatic carbocycles. The van der Waals surface area contributed by atoms with Gasteiger partial charge < -0.3 is 15.0 Å². The molecule has 2 aromatic rings. The Labute approximate surface area is 134 Å². The van der Waals surface area contributed by atoms with Crippen molar-refractivity contribution in [3.05, 3.63) is 35.0 Å². The van der Waals surface area contributed by atoms with E-state index in [-0.39, 0.29) is 18.3 Å². The van der Waals surface area contributed by atoms with E-state index in [4.69, 9.17) is 11.6 Å². The summed E-state index contributed by atoms with van der Waals surface area (Å²) >= 11 is 6.01. The molecule has 1 aromatic carbocycles. The van der Waals surface area contributed by atoms with E-state index in [1.807, 2.05) is 24.4 Å². The summed E-state index contributed by atoms with van der Waals surface area (Å²) in [6.45, 7) is 0.552. The number of fused-ring (bicyclic) bond motifs is 1. The Balaban J connectivity index is 1.77. The molecule has 5 nitrogen and oxygen atoms in total. The standard InChI is InChI=1S/C16H19ClN2O3/c1-22-16(21)4-2-3-15(20)18-8-7-11-10-19-14-6-5-12(17)9-13(11)14/h5-6,9-10,19H,2-4,7-8H2,1H3,(H,18,20). The first kappa shape index (κ1) is 16.4. The summed E-state index contributed by atoms with van der Waals surface area (Å²) in [5.41, 5.74) is 2.15. The third-order valence-corrected chi connectivity index (χ3v) is 3.69. The number of carbonyl (C=O) groups excluding carboxylic acids is 2. The second-order valence-corrected chi connectivity index (χ2v) is 5.47. The maximum Gasteiger partial charge on any atom is 0.305 e. The van der Waals surface area contributed by atoms with Crippen molar-refractivity contribution in [3.63, 3.8) is 0 Å². The summed E-state index contributed by atoms with van der Waals surface area (Å²) in [7, 11) is 1.34. The monoisotopic (exact) mass is 322 g/mol. The fraction of sp³-hybridized carbons (Fsp3) is 0.375. The molecule has 0 aliphatic heterocycles. The van der Waals surface area contributed by atoms with Gasteiger partial charge in [-0.2, -0.15) is 0 Å². The zero-order valence-electron chi connectivity index (χ0n) is 12.4. The molecule has 22 heavy (non-hydrogen) atoms. The zero-order chi connectivity index (χ0) is 15.9. The van der Waals surface area contributed by atoms with Crippen LogP contribution in [0.2, 0.25) is 5.02 Å². The SMILES string of the molecule is COC(=O)CCCC(=O)NCCc1c[nH]c2ccc(Cl)cc12. The number of benzene rings is 1. The van der Waals surface area contributed by atoms with E-state index in [0.717, 1.165) is 22.9 Å². The first-order valence-corrected chi connectivity index (χ1v) is 7.57. The number of nitrogens with one attached hydrogen (secondary N) is 2. The normalized spacial score (nSPS) is 10.6. The molecule has 0 radical (unpaired) electrons. The number of rotatable bonds is 7. The Bertz CT molecular complexity index is 666. The van der Waals surface area contributed by atoms with Crippen LogP contribution in [-0.4, -0.2) is 30.5 Å². The van der Waals surface area contributed by atoms with Crippen LogP contribution < -0.4 is 5.32 Å². The fourth-order valence-electron chi connectivity index (χ4n) is 2.28. The van der Waals surface area contributed by atoms with E-state index in [1.165, 1.54) is 7.11 Å². The number of carbonyl (C=O) groups is 2. The maximum atomic E-state index is 11.7. The highest BCUT2D eigenvalue weighted by atomic mass is 35.5. The zero-order valence-corrected chi connectivity index (χ0v) is 13.2. The number of aromatic nitrogens is 1. The van der Waals surface area contributed by atoms with E-state index in [1.54, 1.807) is 0 Å². The molecular weight excluding hydrogens is 304 g/mol. The summed E-state index contributed by atoms with van der Waals surface area (Å²) in [6.07, 6.45) is 3.76. The van der Waals surface area contributed by atoms with Crippen LogP contribution in [0.3, 0.4) is 0 Å². The molecular formula is C16H19ClN2O3. The van der Waals surface area contributed by atoms with Crippen molar-refractivity contribution in [1.82, 2.24) is 10.3 Å². The first-order chi connectivity index (χ1) is 10.6. The third kappa shape index (κ3) is 4.49. The Morgan fingerprint density at radius 1 is 1.32 bits per heavy atom. The lowest BCUT2D eigenvalue weighted by Crippen LogP contribution is -2.25. The van der Waals surface area contributed by atoms with Crippen LogP contribution in [-0.2, 0) is 20.7 Å². The van der Waals surface area contributed by atoms with Gasteiger partial charge >= 0.3 is 5.97 Å². The molecule has 0 saturated carbocycles. The number of H-pyrrole nitrogens is 1. The lowest BCUT2D eigenvalue weighted by molar-refractivity contribution is -0.140. The molecule has 0 saturated heterocycles. The number of hydrogen-bond donors (Lipinski definition) is 2. The van der Waals surface area contributed by atoms with Gasteiger partial charge in [0.1, 0.15) is 0 Å². The molecule has 0 fully saturated rings. The minimum Gasteiger partial charge on any atom is -0.469 e. The Morgan fingerprint density at radius 2 is 2.14 bits per heavy atom. The number of hydrogen-bond acceptors (Lipinski definition) is 3. The van der Waals surface area contributed by atoms with Gasteiger partial charge in [-0.1, -0.05) is 11.6 Å². The van der Waals surface area contributed by atoms with Crippen LogP contribution in [0.5, 0.6) is 0 Å². The molecule has 0 atom stereocenters. The average Bonchev–Trinajstić information content (AvgIpc) is 2.89. The summed E-state index contributed by atoms with van der Waals surface area (Å²) in [4.78, 5) is 25.8. The summed E-state index contributed by atoms with van der Waals surface area (Å²) in [5, 5.41) is 4.63. The molecule has 1 aromatic heterocycles. The highest BCUT2D eigenvalue weighted by Crippen LogP contribution is 2.22. The van der Waals surface area contributed by atoms with Gasteiger partial charge in [-0.15, -0.1) is 0 Å². The topological polar surface area (TPSA) is 71.2 Å². The van der Waals surface area contributed by atoms with E-state index >= 15 is 0 Å².